The smallest absolute Gasteiger partial charge is 0.306 e. The molecule has 2 rings (SSSR count). The van der Waals surface area contributed by atoms with Crippen molar-refractivity contribution >= 4 is 5.97 Å². The van der Waals surface area contributed by atoms with E-state index in [4.69, 9.17) is 14.6 Å². The van der Waals surface area contributed by atoms with E-state index in [-0.39, 0.29) is 23.6 Å². The van der Waals surface area contributed by atoms with Gasteiger partial charge in [0.2, 0.25) is 0 Å². The molecule has 1 aliphatic carbocycles. The first-order valence-electron chi connectivity index (χ1n) is 7.78. The van der Waals surface area contributed by atoms with Gasteiger partial charge in [-0.1, -0.05) is 6.92 Å². The summed E-state index contributed by atoms with van der Waals surface area (Å²) in [7, 11) is 0. The number of rotatable bonds is 8. The highest BCUT2D eigenvalue weighted by Gasteiger charge is 2.46. The molecule has 1 fully saturated rings. The van der Waals surface area contributed by atoms with Crippen molar-refractivity contribution in [2.24, 2.45) is 17.8 Å². The number of carbonyl (C=O) groups is 1. The van der Waals surface area contributed by atoms with E-state index in [1.807, 2.05) is 20.8 Å². The Kier molecular flexibility index (Phi) is 5.27. The molecule has 22 heavy (non-hydrogen) atoms. The predicted molar refractivity (Wildman–Crippen MR) is 80.8 cm³/mol. The van der Waals surface area contributed by atoms with Gasteiger partial charge in [-0.2, -0.15) is 0 Å². The third-order valence-corrected chi connectivity index (χ3v) is 4.14. The molecule has 1 N–H and O–H groups in total. The topological polar surface area (TPSA) is 55.8 Å². The molecule has 0 saturated heterocycles. The number of aliphatic carboxylic acids is 1. The molecule has 3 unspecified atom stereocenters. The Labute approximate surface area is 130 Å². The number of hydrogen-bond donors (Lipinski definition) is 1. The first-order valence-corrected chi connectivity index (χ1v) is 7.78. The SMILES string of the molecule is CCOc1cc(F)c(CC(C)C2CC2C(=O)O)cc1OCC. The summed E-state index contributed by atoms with van der Waals surface area (Å²) in [4.78, 5) is 10.9. The van der Waals surface area contributed by atoms with Crippen LogP contribution in [0.4, 0.5) is 4.39 Å². The lowest BCUT2D eigenvalue weighted by molar-refractivity contribution is -0.139. The van der Waals surface area contributed by atoms with E-state index >= 15 is 0 Å². The fourth-order valence-corrected chi connectivity index (χ4v) is 2.90. The number of ether oxygens (including phenoxy) is 2. The number of carboxylic acid groups (broad SMARTS) is 1. The molecule has 0 bridgehead atoms. The maximum atomic E-state index is 14.2. The van der Waals surface area contributed by atoms with Gasteiger partial charge < -0.3 is 14.6 Å². The zero-order valence-electron chi connectivity index (χ0n) is 13.3. The third kappa shape index (κ3) is 3.70. The molecule has 1 aliphatic rings. The highest BCUT2D eigenvalue weighted by molar-refractivity contribution is 5.73. The Hall–Kier alpha value is -1.78. The van der Waals surface area contributed by atoms with Gasteiger partial charge >= 0.3 is 5.97 Å². The van der Waals surface area contributed by atoms with Crippen molar-refractivity contribution in [3.8, 4) is 11.5 Å². The molecule has 1 aromatic rings. The molecular weight excluding hydrogens is 287 g/mol. The predicted octanol–water partition coefficient (Wildman–Crippen LogP) is 3.52. The van der Waals surface area contributed by atoms with E-state index in [0.29, 0.717) is 43.1 Å². The monoisotopic (exact) mass is 310 g/mol. The van der Waals surface area contributed by atoms with Gasteiger partial charge in [0.1, 0.15) is 5.82 Å². The second-order valence-electron chi connectivity index (χ2n) is 5.78. The summed E-state index contributed by atoms with van der Waals surface area (Å²) in [5.74, 6) is -0.133. The van der Waals surface area contributed by atoms with Crippen molar-refractivity contribution in [3.05, 3.63) is 23.5 Å². The van der Waals surface area contributed by atoms with Crippen molar-refractivity contribution in [1.82, 2.24) is 0 Å². The minimum Gasteiger partial charge on any atom is -0.490 e. The van der Waals surface area contributed by atoms with Gasteiger partial charge in [0.25, 0.3) is 0 Å². The first-order chi connectivity index (χ1) is 10.5. The standard InChI is InChI=1S/C17H23FO4/c1-4-21-15-7-11(14(18)9-16(15)22-5-2)6-10(3)12-8-13(12)17(19)20/h7,9-10,12-13H,4-6,8H2,1-3H3,(H,19,20). The van der Waals surface area contributed by atoms with Gasteiger partial charge in [0, 0.05) is 6.07 Å². The molecule has 1 saturated carbocycles. The molecule has 0 amide bonds. The van der Waals surface area contributed by atoms with Gasteiger partial charge in [-0.05, 0) is 50.2 Å². The lowest BCUT2D eigenvalue weighted by Crippen LogP contribution is -2.10. The minimum absolute atomic E-state index is 0.128. The Bertz CT molecular complexity index is 544. The number of carboxylic acids is 1. The number of halogens is 1. The van der Waals surface area contributed by atoms with Crippen molar-refractivity contribution in [2.45, 2.75) is 33.6 Å². The van der Waals surface area contributed by atoms with Crippen molar-refractivity contribution in [2.75, 3.05) is 13.2 Å². The molecule has 122 valence electrons. The average Bonchev–Trinajstić information content (AvgIpc) is 3.24. The largest absolute Gasteiger partial charge is 0.490 e. The van der Waals surface area contributed by atoms with Gasteiger partial charge in [0.15, 0.2) is 11.5 Å². The second kappa shape index (κ2) is 6.99. The van der Waals surface area contributed by atoms with E-state index in [1.165, 1.54) is 6.07 Å². The van der Waals surface area contributed by atoms with Crippen LogP contribution in [-0.2, 0) is 11.2 Å². The van der Waals surface area contributed by atoms with Crippen LogP contribution in [-0.4, -0.2) is 24.3 Å². The molecular formula is C17H23FO4. The molecule has 0 spiro atoms. The Morgan fingerprint density at radius 1 is 1.32 bits per heavy atom. The summed E-state index contributed by atoms with van der Waals surface area (Å²) < 4.78 is 25.2. The van der Waals surface area contributed by atoms with Crippen LogP contribution in [0.3, 0.4) is 0 Å². The summed E-state index contributed by atoms with van der Waals surface area (Å²) in [5.41, 5.74) is 0.551. The van der Waals surface area contributed by atoms with E-state index in [9.17, 15) is 9.18 Å². The molecule has 0 aliphatic heterocycles. The van der Waals surface area contributed by atoms with E-state index in [0.717, 1.165) is 0 Å². The van der Waals surface area contributed by atoms with Gasteiger partial charge in [-0.3, -0.25) is 4.79 Å². The van der Waals surface area contributed by atoms with Crippen LogP contribution >= 0.6 is 0 Å². The maximum Gasteiger partial charge on any atom is 0.306 e. The van der Waals surface area contributed by atoms with Crippen LogP contribution in [0.1, 0.15) is 32.8 Å². The Morgan fingerprint density at radius 2 is 1.91 bits per heavy atom. The summed E-state index contributed by atoms with van der Waals surface area (Å²) in [5, 5.41) is 8.99. The van der Waals surface area contributed by atoms with Crippen molar-refractivity contribution in [1.29, 1.82) is 0 Å². The van der Waals surface area contributed by atoms with Gasteiger partial charge in [-0.15, -0.1) is 0 Å². The summed E-state index contributed by atoms with van der Waals surface area (Å²) in [6.45, 7) is 6.59. The van der Waals surface area contributed by atoms with Gasteiger partial charge in [-0.25, -0.2) is 4.39 Å². The highest BCUT2D eigenvalue weighted by atomic mass is 19.1. The van der Waals surface area contributed by atoms with Crippen LogP contribution in [0.25, 0.3) is 0 Å². The molecule has 3 atom stereocenters. The number of benzene rings is 1. The van der Waals surface area contributed by atoms with Crippen LogP contribution in [0, 0.1) is 23.6 Å². The van der Waals surface area contributed by atoms with E-state index in [2.05, 4.69) is 0 Å². The lowest BCUT2D eigenvalue weighted by atomic mass is 9.95. The fraction of sp³-hybridized carbons (Fsp3) is 0.588. The van der Waals surface area contributed by atoms with Gasteiger partial charge in [0.05, 0.1) is 19.1 Å². The second-order valence-corrected chi connectivity index (χ2v) is 5.78. The van der Waals surface area contributed by atoms with Crippen molar-refractivity contribution < 1.29 is 23.8 Å². The summed E-state index contributed by atoms with van der Waals surface area (Å²) in [6, 6.07) is 3.04. The van der Waals surface area contributed by atoms with E-state index in [1.54, 1.807) is 6.07 Å². The highest BCUT2D eigenvalue weighted by Crippen LogP contribution is 2.46. The quantitative estimate of drug-likeness (QED) is 0.798. The summed E-state index contributed by atoms with van der Waals surface area (Å²) >= 11 is 0. The minimum atomic E-state index is -0.751. The van der Waals surface area contributed by atoms with Crippen LogP contribution < -0.4 is 9.47 Å². The van der Waals surface area contributed by atoms with Crippen LogP contribution in [0.5, 0.6) is 11.5 Å². The molecule has 5 heteroatoms. The molecule has 0 radical (unpaired) electrons. The molecule has 0 heterocycles. The summed E-state index contributed by atoms with van der Waals surface area (Å²) in [6.07, 6.45) is 1.19. The van der Waals surface area contributed by atoms with Crippen LogP contribution in [0.15, 0.2) is 12.1 Å². The lowest BCUT2D eigenvalue weighted by Gasteiger charge is -2.16. The zero-order valence-corrected chi connectivity index (χ0v) is 13.3. The van der Waals surface area contributed by atoms with Crippen molar-refractivity contribution in [3.63, 3.8) is 0 Å². The maximum absolute atomic E-state index is 14.2. The zero-order chi connectivity index (χ0) is 16.3. The Balaban J connectivity index is 2.13. The molecule has 1 aromatic carbocycles. The number of hydrogen-bond acceptors (Lipinski definition) is 3. The third-order valence-electron chi connectivity index (χ3n) is 4.14. The van der Waals surface area contributed by atoms with E-state index < -0.39 is 5.97 Å². The van der Waals surface area contributed by atoms with Crippen LogP contribution in [0.2, 0.25) is 0 Å². The normalized spacial score (nSPS) is 21.3. The fourth-order valence-electron chi connectivity index (χ4n) is 2.90. The average molecular weight is 310 g/mol. The first kappa shape index (κ1) is 16.6. The Morgan fingerprint density at radius 3 is 2.41 bits per heavy atom. The molecule has 0 aromatic heterocycles. The molecule has 4 nitrogen and oxygen atoms in total.